The van der Waals surface area contributed by atoms with Crippen LogP contribution in [-0.2, 0) is 11.3 Å². The van der Waals surface area contributed by atoms with Crippen LogP contribution in [0.25, 0.3) is 0 Å². The summed E-state index contributed by atoms with van der Waals surface area (Å²) in [6.07, 6.45) is 5.21. The molecular weight excluding hydrogens is 233 g/mol. The first-order valence-corrected chi connectivity index (χ1v) is 5.94. The Labute approximate surface area is 99.6 Å². The third-order valence-electron chi connectivity index (χ3n) is 2.64. The molecule has 15 heavy (non-hydrogen) atoms. The molecule has 0 atom stereocenters. The maximum atomic E-state index is 5.98. The smallest absolute Gasteiger partial charge is 0.129 e. The Morgan fingerprint density at radius 2 is 2.00 bits per heavy atom. The SMILES string of the molecule is Clc1ccc(Cl)c(COC2CCCC2)n1. The zero-order valence-electron chi connectivity index (χ0n) is 8.38. The van der Waals surface area contributed by atoms with Crippen LogP contribution in [0.3, 0.4) is 0 Å². The van der Waals surface area contributed by atoms with Gasteiger partial charge < -0.3 is 4.74 Å². The maximum absolute atomic E-state index is 5.98. The Morgan fingerprint density at radius 1 is 1.27 bits per heavy atom. The van der Waals surface area contributed by atoms with E-state index in [2.05, 4.69) is 4.98 Å². The minimum Gasteiger partial charge on any atom is -0.372 e. The highest BCUT2D eigenvalue weighted by Crippen LogP contribution is 2.24. The van der Waals surface area contributed by atoms with Gasteiger partial charge in [0.1, 0.15) is 5.15 Å². The van der Waals surface area contributed by atoms with Gasteiger partial charge in [-0.15, -0.1) is 0 Å². The van der Waals surface area contributed by atoms with Crippen LogP contribution in [0.1, 0.15) is 31.4 Å². The van der Waals surface area contributed by atoms with E-state index in [1.54, 1.807) is 12.1 Å². The number of rotatable bonds is 3. The molecule has 2 nitrogen and oxygen atoms in total. The molecule has 0 N–H and O–H groups in total. The standard InChI is InChI=1S/C11H13Cl2NO/c12-9-5-6-11(13)14-10(9)7-15-8-3-1-2-4-8/h5-6,8H,1-4,7H2. The Morgan fingerprint density at radius 3 is 2.73 bits per heavy atom. The molecule has 2 rings (SSSR count). The van der Waals surface area contributed by atoms with E-state index in [0.717, 1.165) is 18.5 Å². The van der Waals surface area contributed by atoms with Gasteiger partial charge in [-0.05, 0) is 25.0 Å². The van der Waals surface area contributed by atoms with Crippen molar-refractivity contribution in [2.45, 2.75) is 38.4 Å². The van der Waals surface area contributed by atoms with Crippen molar-refractivity contribution in [3.05, 3.63) is 28.0 Å². The quantitative estimate of drug-likeness (QED) is 0.756. The molecule has 4 heteroatoms. The molecule has 0 aliphatic heterocycles. The Kier molecular flexibility index (Phi) is 3.84. The van der Waals surface area contributed by atoms with E-state index in [-0.39, 0.29) is 0 Å². The molecule has 0 aromatic carbocycles. The first-order valence-electron chi connectivity index (χ1n) is 5.18. The van der Waals surface area contributed by atoms with Gasteiger partial charge in [-0.25, -0.2) is 4.98 Å². The second-order valence-corrected chi connectivity index (χ2v) is 4.57. The Balaban J connectivity index is 1.94. The van der Waals surface area contributed by atoms with Crippen LogP contribution in [0.2, 0.25) is 10.2 Å². The molecule has 0 radical (unpaired) electrons. The average Bonchev–Trinajstić information content (AvgIpc) is 2.72. The number of pyridine rings is 1. The van der Waals surface area contributed by atoms with E-state index in [0.29, 0.717) is 22.9 Å². The lowest BCUT2D eigenvalue weighted by Crippen LogP contribution is -2.08. The van der Waals surface area contributed by atoms with Gasteiger partial charge >= 0.3 is 0 Å². The molecular formula is C11H13Cl2NO. The molecule has 1 aromatic heterocycles. The highest BCUT2D eigenvalue weighted by atomic mass is 35.5. The number of aromatic nitrogens is 1. The van der Waals surface area contributed by atoms with E-state index in [1.165, 1.54) is 12.8 Å². The second kappa shape index (κ2) is 5.15. The molecule has 1 aromatic rings. The molecule has 0 unspecified atom stereocenters. The van der Waals surface area contributed by atoms with E-state index >= 15 is 0 Å². The maximum Gasteiger partial charge on any atom is 0.129 e. The molecule has 0 saturated heterocycles. The number of hydrogen-bond donors (Lipinski definition) is 0. The first kappa shape index (κ1) is 11.2. The minimum atomic E-state index is 0.377. The zero-order chi connectivity index (χ0) is 10.7. The highest BCUT2D eigenvalue weighted by molar-refractivity contribution is 6.32. The molecule has 82 valence electrons. The van der Waals surface area contributed by atoms with Gasteiger partial charge in [-0.3, -0.25) is 0 Å². The van der Waals surface area contributed by atoms with Crippen molar-refractivity contribution in [1.29, 1.82) is 0 Å². The summed E-state index contributed by atoms with van der Waals surface area (Å²) < 4.78 is 5.72. The van der Waals surface area contributed by atoms with Crippen LogP contribution in [0.5, 0.6) is 0 Å². The molecule has 0 bridgehead atoms. The topological polar surface area (TPSA) is 22.1 Å². The minimum absolute atomic E-state index is 0.377. The average molecular weight is 246 g/mol. The van der Waals surface area contributed by atoms with Crippen LogP contribution >= 0.6 is 23.2 Å². The summed E-state index contributed by atoms with van der Waals surface area (Å²) in [5.41, 5.74) is 0.732. The zero-order valence-corrected chi connectivity index (χ0v) is 9.89. The third-order valence-corrected chi connectivity index (χ3v) is 3.20. The molecule has 0 spiro atoms. The fraction of sp³-hybridized carbons (Fsp3) is 0.545. The lowest BCUT2D eigenvalue weighted by molar-refractivity contribution is 0.0438. The summed E-state index contributed by atoms with van der Waals surface area (Å²) in [4.78, 5) is 4.14. The van der Waals surface area contributed by atoms with Crippen molar-refractivity contribution in [3.63, 3.8) is 0 Å². The summed E-state index contributed by atoms with van der Waals surface area (Å²) >= 11 is 11.8. The van der Waals surface area contributed by atoms with Crippen molar-refractivity contribution < 1.29 is 4.74 Å². The number of hydrogen-bond acceptors (Lipinski definition) is 2. The van der Waals surface area contributed by atoms with Crippen LogP contribution < -0.4 is 0 Å². The predicted molar refractivity (Wildman–Crippen MR) is 61.3 cm³/mol. The molecule has 1 heterocycles. The summed E-state index contributed by atoms with van der Waals surface area (Å²) in [7, 11) is 0. The third kappa shape index (κ3) is 3.07. The van der Waals surface area contributed by atoms with E-state index in [9.17, 15) is 0 Å². The lowest BCUT2D eigenvalue weighted by Gasteiger charge is -2.11. The van der Waals surface area contributed by atoms with E-state index in [1.807, 2.05) is 0 Å². The monoisotopic (exact) mass is 245 g/mol. The summed E-state index contributed by atoms with van der Waals surface area (Å²) in [5, 5.41) is 1.09. The molecule has 1 saturated carbocycles. The van der Waals surface area contributed by atoms with Crippen molar-refractivity contribution in [2.75, 3.05) is 0 Å². The Hall–Kier alpha value is -0.310. The van der Waals surface area contributed by atoms with Gasteiger partial charge in [0.2, 0.25) is 0 Å². The summed E-state index contributed by atoms with van der Waals surface area (Å²) in [6.45, 7) is 0.462. The first-order chi connectivity index (χ1) is 7.25. The summed E-state index contributed by atoms with van der Waals surface area (Å²) in [5.74, 6) is 0. The van der Waals surface area contributed by atoms with Gasteiger partial charge in [-0.2, -0.15) is 0 Å². The van der Waals surface area contributed by atoms with Crippen LogP contribution in [0, 0.1) is 0 Å². The van der Waals surface area contributed by atoms with E-state index in [4.69, 9.17) is 27.9 Å². The van der Waals surface area contributed by atoms with Gasteiger partial charge in [0, 0.05) is 0 Å². The van der Waals surface area contributed by atoms with Crippen LogP contribution in [0.4, 0.5) is 0 Å². The van der Waals surface area contributed by atoms with Gasteiger partial charge in [0.15, 0.2) is 0 Å². The molecule has 1 aliphatic rings. The highest BCUT2D eigenvalue weighted by Gasteiger charge is 2.16. The number of nitrogens with zero attached hydrogens (tertiary/aromatic N) is 1. The number of ether oxygens (including phenoxy) is 1. The summed E-state index contributed by atoms with van der Waals surface area (Å²) in [6, 6.07) is 3.44. The van der Waals surface area contributed by atoms with Gasteiger partial charge in [-0.1, -0.05) is 36.0 Å². The van der Waals surface area contributed by atoms with Crippen LogP contribution in [0.15, 0.2) is 12.1 Å². The largest absolute Gasteiger partial charge is 0.372 e. The van der Waals surface area contributed by atoms with Crippen molar-refractivity contribution in [3.8, 4) is 0 Å². The predicted octanol–water partition coefficient (Wildman–Crippen LogP) is 3.85. The van der Waals surface area contributed by atoms with Crippen molar-refractivity contribution >= 4 is 23.2 Å². The van der Waals surface area contributed by atoms with Crippen molar-refractivity contribution in [2.24, 2.45) is 0 Å². The van der Waals surface area contributed by atoms with Crippen LogP contribution in [-0.4, -0.2) is 11.1 Å². The number of halogens is 2. The fourth-order valence-corrected chi connectivity index (χ4v) is 2.14. The lowest BCUT2D eigenvalue weighted by atomic mass is 10.3. The Bertz CT molecular complexity index is 337. The fourth-order valence-electron chi connectivity index (χ4n) is 1.81. The second-order valence-electron chi connectivity index (χ2n) is 3.78. The molecule has 0 amide bonds. The molecule has 1 fully saturated rings. The molecule has 1 aliphatic carbocycles. The van der Waals surface area contributed by atoms with E-state index < -0.39 is 0 Å². The van der Waals surface area contributed by atoms with Gasteiger partial charge in [0.05, 0.1) is 23.4 Å². The van der Waals surface area contributed by atoms with Gasteiger partial charge in [0.25, 0.3) is 0 Å². The van der Waals surface area contributed by atoms with Crippen molar-refractivity contribution in [1.82, 2.24) is 4.98 Å². The normalized spacial score (nSPS) is 17.2.